The van der Waals surface area contributed by atoms with Gasteiger partial charge in [-0.3, -0.25) is 4.79 Å². The zero-order chi connectivity index (χ0) is 17.2. The maximum absolute atomic E-state index is 12.5. The van der Waals surface area contributed by atoms with E-state index in [1.165, 1.54) is 11.3 Å². The van der Waals surface area contributed by atoms with Crippen LogP contribution < -0.4 is 10.2 Å². The number of nitrogens with zero attached hydrogens (tertiary/aromatic N) is 1. The normalized spacial score (nSPS) is 15.0. The van der Waals surface area contributed by atoms with E-state index in [0.717, 1.165) is 36.1 Å². The number of aryl methyl sites for hydroxylation is 1. The highest BCUT2D eigenvalue weighted by Crippen LogP contribution is 2.27. The standard InChI is InChI=1S/C21H22N2O2/c1-15(20-13-17-8-3-5-11-19(17)25-20)22-21(24)14-23-12-6-9-16-7-2-4-10-18(16)23/h2-5,7-8,10-11,13,15H,6,9,12,14H2,1H3,(H,22,24)/t15-/m0/s1. The van der Waals surface area contributed by atoms with E-state index in [9.17, 15) is 4.79 Å². The Hall–Kier alpha value is -2.75. The van der Waals surface area contributed by atoms with Gasteiger partial charge in [0.1, 0.15) is 11.3 Å². The van der Waals surface area contributed by atoms with Gasteiger partial charge in [0, 0.05) is 17.6 Å². The van der Waals surface area contributed by atoms with Crippen molar-refractivity contribution in [2.24, 2.45) is 0 Å². The third kappa shape index (κ3) is 3.25. The van der Waals surface area contributed by atoms with E-state index in [0.29, 0.717) is 6.54 Å². The second kappa shape index (κ2) is 6.63. The number of para-hydroxylation sites is 2. The Balaban J connectivity index is 1.44. The van der Waals surface area contributed by atoms with Gasteiger partial charge in [0.25, 0.3) is 0 Å². The van der Waals surface area contributed by atoms with Crippen LogP contribution in [0.2, 0.25) is 0 Å². The molecule has 1 aliphatic rings. The van der Waals surface area contributed by atoms with Crippen LogP contribution in [-0.2, 0) is 11.2 Å². The fourth-order valence-corrected chi connectivity index (χ4v) is 3.52. The number of rotatable bonds is 4. The molecule has 0 unspecified atom stereocenters. The van der Waals surface area contributed by atoms with Crippen LogP contribution in [0.25, 0.3) is 11.0 Å². The first kappa shape index (κ1) is 15.8. The highest BCUT2D eigenvalue weighted by molar-refractivity contribution is 5.83. The van der Waals surface area contributed by atoms with Crippen molar-refractivity contribution in [3.63, 3.8) is 0 Å². The van der Waals surface area contributed by atoms with E-state index in [4.69, 9.17) is 4.42 Å². The summed E-state index contributed by atoms with van der Waals surface area (Å²) in [6, 6.07) is 18.1. The van der Waals surface area contributed by atoms with E-state index < -0.39 is 0 Å². The zero-order valence-electron chi connectivity index (χ0n) is 14.4. The van der Waals surface area contributed by atoms with Crippen molar-refractivity contribution in [1.29, 1.82) is 0 Å². The van der Waals surface area contributed by atoms with E-state index in [1.54, 1.807) is 0 Å². The molecule has 1 aromatic heterocycles. The Morgan fingerprint density at radius 2 is 2.00 bits per heavy atom. The van der Waals surface area contributed by atoms with Crippen molar-refractivity contribution in [1.82, 2.24) is 5.32 Å². The number of carbonyl (C=O) groups is 1. The molecule has 0 saturated heterocycles. The topological polar surface area (TPSA) is 45.5 Å². The van der Waals surface area contributed by atoms with E-state index in [2.05, 4.69) is 28.4 Å². The van der Waals surface area contributed by atoms with E-state index in [1.807, 2.05) is 43.3 Å². The molecule has 1 atom stereocenters. The lowest BCUT2D eigenvalue weighted by Gasteiger charge is -2.31. The van der Waals surface area contributed by atoms with Crippen LogP contribution in [0.3, 0.4) is 0 Å². The monoisotopic (exact) mass is 334 g/mol. The summed E-state index contributed by atoms with van der Waals surface area (Å²) in [4.78, 5) is 14.7. The quantitative estimate of drug-likeness (QED) is 0.782. The number of amides is 1. The number of anilines is 1. The van der Waals surface area contributed by atoms with Gasteiger partial charge in [-0.05, 0) is 43.5 Å². The minimum atomic E-state index is -0.153. The summed E-state index contributed by atoms with van der Waals surface area (Å²) in [6.45, 7) is 3.25. The van der Waals surface area contributed by atoms with Gasteiger partial charge in [0.15, 0.2) is 0 Å². The van der Waals surface area contributed by atoms with Crippen LogP contribution in [0, 0.1) is 0 Å². The van der Waals surface area contributed by atoms with Gasteiger partial charge in [-0.1, -0.05) is 36.4 Å². The van der Waals surface area contributed by atoms with Crippen molar-refractivity contribution < 1.29 is 9.21 Å². The second-order valence-corrected chi connectivity index (χ2v) is 6.63. The molecule has 2 aromatic carbocycles. The van der Waals surface area contributed by atoms with Crippen molar-refractivity contribution >= 4 is 22.6 Å². The molecule has 3 aromatic rings. The van der Waals surface area contributed by atoms with Gasteiger partial charge >= 0.3 is 0 Å². The molecule has 1 aliphatic heterocycles. The predicted molar refractivity (Wildman–Crippen MR) is 99.7 cm³/mol. The fourth-order valence-electron chi connectivity index (χ4n) is 3.52. The molecule has 0 spiro atoms. The van der Waals surface area contributed by atoms with Crippen molar-refractivity contribution in [2.75, 3.05) is 18.0 Å². The number of nitrogens with one attached hydrogen (secondary N) is 1. The van der Waals surface area contributed by atoms with Crippen LogP contribution in [0.5, 0.6) is 0 Å². The van der Waals surface area contributed by atoms with Gasteiger partial charge in [0.05, 0.1) is 12.6 Å². The first-order chi connectivity index (χ1) is 12.2. The van der Waals surface area contributed by atoms with Gasteiger partial charge < -0.3 is 14.6 Å². The largest absolute Gasteiger partial charge is 0.459 e. The van der Waals surface area contributed by atoms with Crippen LogP contribution >= 0.6 is 0 Å². The molecule has 0 aliphatic carbocycles. The average molecular weight is 334 g/mol. The Bertz CT molecular complexity index is 867. The molecule has 1 amide bonds. The van der Waals surface area contributed by atoms with Gasteiger partial charge in [-0.2, -0.15) is 0 Å². The maximum atomic E-state index is 12.5. The molecule has 4 heteroatoms. The summed E-state index contributed by atoms with van der Waals surface area (Å²) in [5.41, 5.74) is 3.36. The number of furan rings is 1. The Labute approximate surface area is 147 Å². The van der Waals surface area contributed by atoms with Gasteiger partial charge in [0.2, 0.25) is 5.91 Å². The van der Waals surface area contributed by atoms with Crippen LogP contribution in [0.4, 0.5) is 5.69 Å². The SMILES string of the molecule is C[C@H](NC(=O)CN1CCCc2ccccc21)c1cc2ccccc2o1. The average Bonchev–Trinajstić information content (AvgIpc) is 3.06. The molecule has 1 N–H and O–H groups in total. The third-order valence-electron chi connectivity index (χ3n) is 4.79. The molecule has 4 nitrogen and oxygen atoms in total. The molecular formula is C21H22N2O2. The fraction of sp³-hybridized carbons (Fsp3) is 0.286. The Morgan fingerprint density at radius 3 is 2.88 bits per heavy atom. The van der Waals surface area contributed by atoms with Crippen LogP contribution in [-0.4, -0.2) is 19.0 Å². The molecular weight excluding hydrogens is 312 g/mol. The number of fused-ring (bicyclic) bond motifs is 2. The lowest BCUT2D eigenvalue weighted by atomic mass is 10.0. The molecule has 0 saturated carbocycles. The number of hydrogen-bond acceptors (Lipinski definition) is 3. The van der Waals surface area contributed by atoms with Crippen molar-refractivity contribution in [3.8, 4) is 0 Å². The van der Waals surface area contributed by atoms with Crippen molar-refractivity contribution in [3.05, 3.63) is 65.9 Å². The summed E-state index contributed by atoms with van der Waals surface area (Å²) >= 11 is 0. The Kier molecular flexibility index (Phi) is 4.18. The second-order valence-electron chi connectivity index (χ2n) is 6.63. The minimum absolute atomic E-state index is 0.0182. The molecule has 0 fully saturated rings. The first-order valence-corrected chi connectivity index (χ1v) is 8.81. The van der Waals surface area contributed by atoms with Crippen LogP contribution in [0.1, 0.15) is 30.7 Å². The minimum Gasteiger partial charge on any atom is -0.459 e. The summed E-state index contributed by atoms with van der Waals surface area (Å²) in [5.74, 6) is 0.804. The molecule has 25 heavy (non-hydrogen) atoms. The van der Waals surface area contributed by atoms with Gasteiger partial charge in [-0.15, -0.1) is 0 Å². The third-order valence-corrected chi connectivity index (χ3v) is 4.79. The van der Waals surface area contributed by atoms with E-state index >= 15 is 0 Å². The molecule has 4 rings (SSSR count). The molecule has 128 valence electrons. The summed E-state index contributed by atoms with van der Waals surface area (Å²) in [7, 11) is 0. The van der Waals surface area contributed by atoms with E-state index in [-0.39, 0.29) is 11.9 Å². The van der Waals surface area contributed by atoms with Crippen LogP contribution in [0.15, 0.2) is 59.0 Å². The number of hydrogen-bond donors (Lipinski definition) is 1. The maximum Gasteiger partial charge on any atom is 0.240 e. The Morgan fingerprint density at radius 1 is 1.20 bits per heavy atom. The highest BCUT2D eigenvalue weighted by atomic mass is 16.3. The van der Waals surface area contributed by atoms with Gasteiger partial charge in [-0.25, -0.2) is 0 Å². The zero-order valence-corrected chi connectivity index (χ0v) is 14.4. The molecule has 2 heterocycles. The molecule has 0 bridgehead atoms. The number of carbonyl (C=O) groups excluding carboxylic acids is 1. The van der Waals surface area contributed by atoms with Crippen molar-refractivity contribution in [2.45, 2.75) is 25.8 Å². The summed E-state index contributed by atoms with van der Waals surface area (Å²) in [6.07, 6.45) is 2.17. The smallest absolute Gasteiger partial charge is 0.240 e. The summed E-state index contributed by atoms with van der Waals surface area (Å²) < 4.78 is 5.85. The lowest BCUT2D eigenvalue weighted by molar-refractivity contribution is -0.120. The summed E-state index contributed by atoms with van der Waals surface area (Å²) in [5, 5.41) is 4.12. The highest BCUT2D eigenvalue weighted by Gasteiger charge is 2.20. The number of benzene rings is 2. The lowest BCUT2D eigenvalue weighted by Crippen LogP contribution is -2.40. The first-order valence-electron chi connectivity index (χ1n) is 8.81. The molecule has 0 radical (unpaired) electrons. The predicted octanol–water partition coefficient (Wildman–Crippen LogP) is 4.06.